The molecule has 0 rings (SSSR count). The number of thioether (sulfide) groups is 1. The normalized spacial score (nSPS) is 13.2. The fourth-order valence-electron chi connectivity index (χ4n) is 2.17. The summed E-state index contributed by atoms with van der Waals surface area (Å²) in [5, 5.41) is 21.0. The van der Waals surface area contributed by atoms with Gasteiger partial charge < -0.3 is 36.1 Å². The van der Waals surface area contributed by atoms with Gasteiger partial charge in [0.2, 0.25) is 11.8 Å². The van der Waals surface area contributed by atoms with Crippen molar-refractivity contribution in [2.45, 2.75) is 50.4 Å². The van der Waals surface area contributed by atoms with Crippen LogP contribution >= 0.6 is 11.8 Å². The third kappa shape index (κ3) is 12.7. The van der Waals surface area contributed by atoms with Gasteiger partial charge in [0.15, 0.2) is 0 Å². The molecule has 2 amide bonds. The summed E-state index contributed by atoms with van der Waals surface area (Å²) in [7, 11) is 0. The van der Waals surface area contributed by atoms with E-state index in [0.29, 0.717) is 0 Å². The molecule has 0 unspecified atom stereocenters. The predicted octanol–water partition coefficient (Wildman–Crippen LogP) is -1.52. The number of nitrogens with one attached hydrogen (secondary N) is 2. The summed E-state index contributed by atoms with van der Waals surface area (Å²) in [4.78, 5) is 69.9. The van der Waals surface area contributed by atoms with Crippen molar-refractivity contribution >= 4 is 47.5 Å². The maximum Gasteiger partial charge on any atom is 0.322 e. The van der Waals surface area contributed by atoms with Gasteiger partial charge in [0.25, 0.3) is 0 Å². The summed E-state index contributed by atoms with van der Waals surface area (Å²) in [6.07, 6.45) is -0.820. The van der Waals surface area contributed by atoms with Crippen LogP contribution in [0.2, 0.25) is 0 Å². The molecule has 0 fully saturated rings. The van der Waals surface area contributed by atoms with Gasteiger partial charge in [-0.2, -0.15) is 0 Å². The van der Waals surface area contributed by atoms with E-state index in [1.807, 2.05) is 0 Å². The molecule has 32 heavy (non-hydrogen) atoms. The maximum atomic E-state index is 12.3. The Labute approximate surface area is 188 Å². The first-order chi connectivity index (χ1) is 15.0. The Hall–Kier alpha value is -2.87. The first kappa shape index (κ1) is 29.1. The number of ether oxygens (including phenoxy) is 2. The lowest BCUT2D eigenvalue weighted by Gasteiger charge is -2.21. The Balaban J connectivity index is 5.23. The van der Waals surface area contributed by atoms with Crippen molar-refractivity contribution in [1.29, 1.82) is 0 Å². The highest BCUT2D eigenvalue weighted by Crippen LogP contribution is 2.19. The van der Waals surface area contributed by atoms with Crippen LogP contribution in [-0.2, 0) is 38.2 Å². The number of aliphatic carboxylic acids is 2. The zero-order chi connectivity index (χ0) is 24.7. The molecule has 0 aliphatic rings. The van der Waals surface area contributed by atoms with Crippen LogP contribution in [0, 0.1) is 0 Å². The molecule has 0 aliphatic heterocycles. The van der Waals surface area contributed by atoms with Crippen LogP contribution in [0.5, 0.6) is 0 Å². The first-order valence-corrected chi connectivity index (χ1v) is 10.8. The molecule has 3 atom stereocenters. The van der Waals surface area contributed by atoms with E-state index in [2.05, 4.69) is 10.6 Å². The minimum Gasteiger partial charge on any atom is -0.480 e. The average molecular weight is 480 g/mol. The number of carbonyl (C=O) groups is 6. The second-order valence-electron chi connectivity index (χ2n) is 6.30. The van der Waals surface area contributed by atoms with E-state index < -0.39 is 59.6 Å². The Morgan fingerprint density at radius 3 is 2.19 bits per heavy atom. The lowest BCUT2D eigenvalue weighted by Crippen LogP contribution is -2.50. The SMILES string of the molecule is CCOC(=O)C[C@H](SC[C@H](NC(=O)CC[C@H](N)C(=O)O)C(=O)NCC(=O)O)C(=O)OCC. The number of carboxylic acids is 2. The van der Waals surface area contributed by atoms with Crippen molar-refractivity contribution < 1.29 is 48.5 Å². The van der Waals surface area contributed by atoms with Crippen LogP contribution in [0.15, 0.2) is 0 Å². The van der Waals surface area contributed by atoms with Crippen molar-refractivity contribution in [3.63, 3.8) is 0 Å². The standard InChI is InChI=1S/C18H29N3O10S/c1-3-30-15(25)7-12(18(29)31-4-2)32-9-11(16(26)20-8-14(23)24)21-13(22)6-5-10(19)17(27)28/h10-12H,3-9,19H2,1-2H3,(H,20,26)(H,21,22)(H,23,24)(H,27,28)/t10-,11-,12-/m0/s1. The van der Waals surface area contributed by atoms with Gasteiger partial charge in [0.05, 0.1) is 19.6 Å². The summed E-state index contributed by atoms with van der Waals surface area (Å²) < 4.78 is 9.74. The van der Waals surface area contributed by atoms with Crippen LogP contribution in [0.25, 0.3) is 0 Å². The minimum atomic E-state index is -1.31. The van der Waals surface area contributed by atoms with Crippen molar-refractivity contribution in [3.05, 3.63) is 0 Å². The Morgan fingerprint density at radius 2 is 1.66 bits per heavy atom. The van der Waals surface area contributed by atoms with Crippen molar-refractivity contribution in [1.82, 2.24) is 10.6 Å². The van der Waals surface area contributed by atoms with E-state index in [9.17, 15) is 28.8 Å². The number of hydrogen-bond donors (Lipinski definition) is 5. The molecular weight excluding hydrogens is 450 g/mol. The minimum absolute atomic E-state index is 0.0574. The molecule has 0 bridgehead atoms. The summed E-state index contributed by atoms with van der Waals surface area (Å²) in [6, 6.07) is -2.54. The number of carboxylic acid groups (broad SMARTS) is 2. The highest BCUT2D eigenvalue weighted by atomic mass is 32.2. The molecule has 0 saturated heterocycles. The molecule has 13 nitrogen and oxygen atoms in total. The number of hydrogen-bond acceptors (Lipinski definition) is 10. The molecule has 0 aliphatic carbocycles. The Bertz CT molecular complexity index is 688. The third-order valence-corrected chi connectivity index (χ3v) is 5.02. The van der Waals surface area contributed by atoms with E-state index in [-0.39, 0.29) is 38.2 Å². The van der Waals surface area contributed by atoms with Crippen LogP contribution in [-0.4, -0.2) is 88.7 Å². The monoisotopic (exact) mass is 479 g/mol. The molecule has 0 aromatic carbocycles. The fourth-order valence-corrected chi connectivity index (χ4v) is 3.29. The van der Waals surface area contributed by atoms with Crippen molar-refractivity contribution in [2.24, 2.45) is 5.73 Å². The van der Waals surface area contributed by atoms with Gasteiger partial charge in [0.1, 0.15) is 23.9 Å². The maximum absolute atomic E-state index is 12.3. The predicted molar refractivity (Wildman–Crippen MR) is 112 cm³/mol. The topological polar surface area (TPSA) is 211 Å². The molecule has 182 valence electrons. The van der Waals surface area contributed by atoms with Gasteiger partial charge in [0, 0.05) is 12.2 Å². The van der Waals surface area contributed by atoms with Gasteiger partial charge in [-0.1, -0.05) is 0 Å². The number of rotatable bonds is 16. The average Bonchev–Trinajstić information content (AvgIpc) is 2.72. The van der Waals surface area contributed by atoms with Gasteiger partial charge in [-0.3, -0.25) is 28.8 Å². The molecule has 0 saturated carbocycles. The fraction of sp³-hybridized carbons (Fsp3) is 0.667. The number of carbonyl (C=O) groups excluding carboxylic acids is 4. The highest BCUT2D eigenvalue weighted by molar-refractivity contribution is 8.00. The largest absolute Gasteiger partial charge is 0.480 e. The molecule has 6 N–H and O–H groups in total. The molecule has 14 heteroatoms. The van der Waals surface area contributed by atoms with Crippen LogP contribution in [0.3, 0.4) is 0 Å². The molecule has 0 radical (unpaired) electrons. The summed E-state index contributed by atoms with van der Waals surface area (Å²) in [6.45, 7) is 2.63. The molecule has 0 spiro atoms. The van der Waals surface area contributed by atoms with Crippen molar-refractivity contribution in [3.8, 4) is 0 Å². The van der Waals surface area contributed by atoms with Crippen LogP contribution in [0.1, 0.15) is 33.1 Å². The summed E-state index contributed by atoms with van der Waals surface area (Å²) in [5.74, 6) is -5.71. The molecule has 0 aromatic rings. The Kier molecular flexibility index (Phi) is 14.4. The van der Waals surface area contributed by atoms with Crippen LogP contribution < -0.4 is 16.4 Å². The molecule has 0 heterocycles. The highest BCUT2D eigenvalue weighted by Gasteiger charge is 2.29. The number of nitrogens with two attached hydrogens (primary N) is 1. The second-order valence-corrected chi connectivity index (χ2v) is 7.53. The van der Waals surface area contributed by atoms with E-state index in [1.165, 1.54) is 0 Å². The quantitative estimate of drug-likeness (QED) is 0.160. The lowest BCUT2D eigenvalue weighted by molar-refractivity contribution is -0.149. The zero-order valence-corrected chi connectivity index (χ0v) is 18.6. The van der Waals surface area contributed by atoms with Gasteiger partial charge in [-0.05, 0) is 20.3 Å². The lowest BCUT2D eigenvalue weighted by atomic mass is 10.1. The number of esters is 2. The van der Waals surface area contributed by atoms with Gasteiger partial charge in [-0.25, -0.2) is 0 Å². The molecule has 0 aromatic heterocycles. The summed E-state index contributed by atoms with van der Waals surface area (Å²) >= 11 is 0.849. The number of amides is 2. The van der Waals surface area contributed by atoms with E-state index in [1.54, 1.807) is 13.8 Å². The van der Waals surface area contributed by atoms with Crippen molar-refractivity contribution in [2.75, 3.05) is 25.5 Å². The van der Waals surface area contributed by atoms with E-state index >= 15 is 0 Å². The van der Waals surface area contributed by atoms with Gasteiger partial charge >= 0.3 is 23.9 Å². The first-order valence-electron chi connectivity index (χ1n) is 9.72. The van der Waals surface area contributed by atoms with Crippen LogP contribution in [0.4, 0.5) is 0 Å². The van der Waals surface area contributed by atoms with Gasteiger partial charge in [-0.15, -0.1) is 11.8 Å². The summed E-state index contributed by atoms with van der Waals surface area (Å²) in [5.41, 5.74) is 5.34. The Morgan fingerprint density at radius 1 is 1.03 bits per heavy atom. The third-order valence-electron chi connectivity index (χ3n) is 3.74. The zero-order valence-electron chi connectivity index (χ0n) is 17.8. The van der Waals surface area contributed by atoms with E-state index in [0.717, 1.165) is 11.8 Å². The smallest absolute Gasteiger partial charge is 0.322 e. The second kappa shape index (κ2) is 15.9. The van der Waals surface area contributed by atoms with E-state index in [4.69, 9.17) is 25.4 Å². The molecular formula is C18H29N3O10S.